The van der Waals surface area contributed by atoms with E-state index < -0.39 is 5.97 Å². The van der Waals surface area contributed by atoms with Crippen molar-refractivity contribution in [3.05, 3.63) is 18.2 Å². The van der Waals surface area contributed by atoms with Crippen molar-refractivity contribution in [2.24, 2.45) is 5.73 Å². The van der Waals surface area contributed by atoms with E-state index in [1.165, 1.54) is 6.33 Å². The Morgan fingerprint density at radius 2 is 2.32 bits per heavy atom. The smallest absolute Gasteiger partial charge is 0.305 e. The average molecular weight is 268 g/mol. The first kappa shape index (κ1) is 15.2. The molecule has 4 N–H and O–H groups in total. The van der Waals surface area contributed by atoms with E-state index in [0.717, 1.165) is 6.42 Å². The van der Waals surface area contributed by atoms with Crippen LogP contribution in [0.4, 0.5) is 0 Å². The topological polar surface area (TPSA) is 110 Å². The number of rotatable bonds is 8. The minimum atomic E-state index is -0.924. The highest BCUT2D eigenvalue weighted by molar-refractivity contribution is 5.92. The highest BCUT2D eigenvalue weighted by Gasteiger charge is 2.17. The first-order valence-corrected chi connectivity index (χ1v) is 6.31. The monoisotopic (exact) mass is 268 g/mol. The van der Waals surface area contributed by atoms with Crippen LogP contribution >= 0.6 is 0 Å². The lowest BCUT2D eigenvalue weighted by atomic mass is 10.1. The van der Waals surface area contributed by atoms with Gasteiger partial charge in [0, 0.05) is 25.3 Å². The van der Waals surface area contributed by atoms with Crippen LogP contribution in [0.5, 0.6) is 0 Å². The van der Waals surface area contributed by atoms with Crippen molar-refractivity contribution in [2.75, 3.05) is 6.54 Å². The highest BCUT2D eigenvalue weighted by atomic mass is 16.4. The summed E-state index contributed by atoms with van der Waals surface area (Å²) in [5, 5.41) is 11.5. The van der Waals surface area contributed by atoms with Crippen molar-refractivity contribution in [1.82, 2.24) is 14.9 Å². The van der Waals surface area contributed by atoms with Gasteiger partial charge < -0.3 is 20.7 Å². The van der Waals surface area contributed by atoms with Crippen molar-refractivity contribution in [3.63, 3.8) is 0 Å². The number of amides is 1. The van der Waals surface area contributed by atoms with Crippen LogP contribution in [0, 0.1) is 0 Å². The Morgan fingerprint density at radius 1 is 1.58 bits per heavy atom. The van der Waals surface area contributed by atoms with E-state index in [-0.39, 0.29) is 24.1 Å². The normalized spacial score (nSPS) is 12.1. The Morgan fingerprint density at radius 3 is 2.89 bits per heavy atom. The molecule has 0 spiro atoms. The molecule has 7 heteroatoms. The van der Waals surface area contributed by atoms with E-state index >= 15 is 0 Å². The molecule has 1 aromatic heterocycles. The summed E-state index contributed by atoms with van der Waals surface area (Å²) >= 11 is 0. The first-order chi connectivity index (χ1) is 9.06. The fourth-order valence-corrected chi connectivity index (χ4v) is 1.79. The molecular weight excluding hydrogens is 248 g/mol. The molecule has 1 atom stereocenters. The lowest BCUT2D eigenvalue weighted by molar-refractivity contribution is -0.137. The van der Waals surface area contributed by atoms with Crippen LogP contribution in [0.3, 0.4) is 0 Å². The molecule has 1 rings (SSSR count). The van der Waals surface area contributed by atoms with Crippen LogP contribution in [0.1, 0.15) is 36.7 Å². The number of carboxylic acid groups (broad SMARTS) is 1. The average Bonchev–Trinajstić information content (AvgIpc) is 2.77. The van der Waals surface area contributed by atoms with Crippen LogP contribution < -0.4 is 11.1 Å². The predicted octanol–water partition coefficient (Wildman–Crippen LogP) is 0.215. The zero-order valence-corrected chi connectivity index (χ0v) is 11.0. The summed E-state index contributed by atoms with van der Waals surface area (Å²) in [6.45, 7) is 3.00. The van der Waals surface area contributed by atoms with E-state index in [1.54, 1.807) is 10.8 Å². The van der Waals surface area contributed by atoms with Crippen molar-refractivity contribution in [1.29, 1.82) is 0 Å². The number of aromatic nitrogens is 2. The van der Waals surface area contributed by atoms with Gasteiger partial charge >= 0.3 is 5.97 Å². The van der Waals surface area contributed by atoms with Gasteiger partial charge in [-0.2, -0.15) is 0 Å². The number of nitrogens with two attached hydrogens (primary N) is 1. The molecule has 0 radical (unpaired) electrons. The Hall–Kier alpha value is -1.89. The summed E-state index contributed by atoms with van der Waals surface area (Å²) < 4.78 is 1.72. The summed E-state index contributed by atoms with van der Waals surface area (Å²) in [7, 11) is 0. The number of carboxylic acids is 1. The Bertz CT molecular complexity index is 430. The number of carbonyl (C=O) groups excluding carboxylic acids is 1. The SMILES string of the molecule is CCCC(CC(=O)O)NC(=O)c1cn(CCN)cn1. The molecule has 7 nitrogen and oxygen atoms in total. The fraction of sp³-hybridized carbons (Fsp3) is 0.583. The maximum atomic E-state index is 11.9. The third kappa shape index (κ3) is 5.09. The molecule has 0 saturated heterocycles. The molecule has 106 valence electrons. The highest BCUT2D eigenvalue weighted by Crippen LogP contribution is 2.04. The van der Waals surface area contributed by atoms with E-state index in [0.29, 0.717) is 19.5 Å². The number of nitrogens with one attached hydrogen (secondary N) is 1. The predicted molar refractivity (Wildman–Crippen MR) is 69.7 cm³/mol. The van der Waals surface area contributed by atoms with Gasteiger partial charge in [-0.25, -0.2) is 4.98 Å². The molecule has 0 aliphatic rings. The van der Waals surface area contributed by atoms with Gasteiger partial charge in [0.2, 0.25) is 0 Å². The van der Waals surface area contributed by atoms with Crippen LogP contribution in [0.15, 0.2) is 12.5 Å². The molecule has 0 aliphatic carbocycles. The van der Waals surface area contributed by atoms with E-state index in [9.17, 15) is 9.59 Å². The summed E-state index contributed by atoms with van der Waals surface area (Å²) in [5.74, 6) is -1.28. The van der Waals surface area contributed by atoms with Crippen molar-refractivity contribution < 1.29 is 14.7 Å². The molecule has 0 bridgehead atoms. The molecule has 1 unspecified atom stereocenters. The Kier molecular flexibility index (Phi) is 6.01. The van der Waals surface area contributed by atoms with E-state index in [4.69, 9.17) is 10.8 Å². The molecule has 0 aromatic carbocycles. The summed E-state index contributed by atoms with van der Waals surface area (Å²) in [4.78, 5) is 26.6. The molecule has 0 saturated carbocycles. The Labute approximate surface area is 111 Å². The fourth-order valence-electron chi connectivity index (χ4n) is 1.79. The van der Waals surface area contributed by atoms with Crippen molar-refractivity contribution >= 4 is 11.9 Å². The quantitative estimate of drug-likeness (QED) is 0.624. The van der Waals surface area contributed by atoms with Gasteiger partial charge in [0.1, 0.15) is 5.69 Å². The second-order valence-electron chi connectivity index (χ2n) is 4.34. The lowest BCUT2D eigenvalue weighted by Gasteiger charge is -2.15. The number of hydrogen-bond donors (Lipinski definition) is 3. The van der Waals surface area contributed by atoms with Crippen LogP contribution in [0.25, 0.3) is 0 Å². The standard InChI is InChI=1S/C12H20N4O3/c1-2-3-9(6-11(17)18)15-12(19)10-7-16(5-4-13)8-14-10/h7-9H,2-6,13H2,1H3,(H,15,19)(H,17,18). The number of carbonyl (C=O) groups is 2. The maximum absolute atomic E-state index is 11.9. The number of imidazole rings is 1. The van der Waals surface area contributed by atoms with Crippen molar-refractivity contribution in [2.45, 2.75) is 38.8 Å². The third-order valence-corrected chi connectivity index (χ3v) is 2.65. The summed E-state index contributed by atoms with van der Waals surface area (Å²) in [5.41, 5.74) is 5.68. The van der Waals surface area contributed by atoms with Gasteiger partial charge in [0.15, 0.2) is 0 Å². The lowest BCUT2D eigenvalue weighted by Crippen LogP contribution is -2.36. The van der Waals surface area contributed by atoms with Crippen LogP contribution in [0.2, 0.25) is 0 Å². The second kappa shape index (κ2) is 7.52. The van der Waals surface area contributed by atoms with Gasteiger partial charge in [-0.05, 0) is 6.42 Å². The van der Waals surface area contributed by atoms with Crippen LogP contribution in [-0.4, -0.2) is 39.1 Å². The molecular formula is C12H20N4O3. The number of hydrogen-bond acceptors (Lipinski definition) is 4. The van der Waals surface area contributed by atoms with E-state index in [2.05, 4.69) is 10.3 Å². The second-order valence-corrected chi connectivity index (χ2v) is 4.34. The van der Waals surface area contributed by atoms with Gasteiger partial charge in [0.25, 0.3) is 5.91 Å². The molecule has 19 heavy (non-hydrogen) atoms. The zero-order valence-electron chi connectivity index (χ0n) is 11.0. The van der Waals surface area contributed by atoms with Gasteiger partial charge in [-0.1, -0.05) is 13.3 Å². The minimum absolute atomic E-state index is 0.0803. The third-order valence-electron chi connectivity index (χ3n) is 2.65. The number of aliphatic carboxylic acids is 1. The summed E-state index contributed by atoms with van der Waals surface area (Å²) in [6.07, 6.45) is 4.49. The van der Waals surface area contributed by atoms with E-state index in [1.807, 2.05) is 6.92 Å². The molecule has 1 heterocycles. The minimum Gasteiger partial charge on any atom is -0.481 e. The summed E-state index contributed by atoms with van der Waals surface area (Å²) in [6, 6.07) is -0.366. The van der Waals surface area contributed by atoms with Gasteiger partial charge in [0.05, 0.1) is 12.7 Å². The van der Waals surface area contributed by atoms with Gasteiger partial charge in [-0.15, -0.1) is 0 Å². The molecule has 0 aliphatic heterocycles. The molecule has 0 fully saturated rings. The maximum Gasteiger partial charge on any atom is 0.305 e. The van der Waals surface area contributed by atoms with Crippen LogP contribution in [-0.2, 0) is 11.3 Å². The molecule has 1 aromatic rings. The van der Waals surface area contributed by atoms with Crippen molar-refractivity contribution in [3.8, 4) is 0 Å². The first-order valence-electron chi connectivity index (χ1n) is 6.31. The largest absolute Gasteiger partial charge is 0.481 e. The Balaban J connectivity index is 2.61. The number of nitrogens with zero attached hydrogens (tertiary/aromatic N) is 2. The van der Waals surface area contributed by atoms with Gasteiger partial charge in [-0.3, -0.25) is 9.59 Å². The zero-order chi connectivity index (χ0) is 14.3. The molecule has 1 amide bonds.